The zero-order valence-corrected chi connectivity index (χ0v) is 10.6. The maximum Gasteiger partial charge on any atom is 0.270 e. The molecule has 0 spiro atoms. The third-order valence-corrected chi connectivity index (χ3v) is 2.81. The minimum Gasteiger partial charge on any atom is -0.378 e. The molecule has 0 unspecified atom stereocenters. The first-order valence-corrected chi connectivity index (χ1v) is 6.52. The fourth-order valence-electron chi connectivity index (χ4n) is 1.34. The molecule has 0 atom stereocenters. The number of hydrogen-bond acceptors (Lipinski definition) is 5. The molecule has 0 aliphatic heterocycles. The van der Waals surface area contributed by atoms with E-state index in [-0.39, 0.29) is 5.91 Å². The fourth-order valence-corrected chi connectivity index (χ4v) is 1.88. The summed E-state index contributed by atoms with van der Waals surface area (Å²) in [5, 5.41) is 8.51. The predicted octanol–water partition coefficient (Wildman–Crippen LogP) is 0.786. The van der Waals surface area contributed by atoms with Crippen molar-refractivity contribution < 1.29 is 9.53 Å². The maximum atomic E-state index is 11.5. The molecular formula is C11H14N4O2S. The van der Waals surface area contributed by atoms with Gasteiger partial charge in [0.1, 0.15) is 5.69 Å². The summed E-state index contributed by atoms with van der Waals surface area (Å²) in [5.74, 6) is -0.160. The quantitative estimate of drug-likeness (QED) is 0.752. The van der Waals surface area contributed by atoms with Crippen molar-refractivity contribution in [1.82, 2.24) is 20.1 Å². The van der Waals surface area contributed by atoms with Gasteiger partial charge in [-0.1, -0.05) is 0 Å². The van der Waals surface area contributed by atoms with Crippen molar-refractivity contribution in [3.63, 3.8) is 0 Å². The van der Waals surface area contributed by atoms with Gasteiger partial charge in [-0.15, -0.1) is 11.3 Å². The van der Waals surface area contributed by atoms with Gasteiger partial charge in [-0.25, -0.2) is 4.98 Å². The standard InChI is InChI=1S/C11H14N4O2S/c16-11(10-8-18-9-13-10)12-3-6-17-7-5-15-4-1-2-14-15/h1-2,4,8-9H,3,5-7H2,(H,12,16). The highest BCUT2D eigenvalue weighted by atomic mass is 32.1. The molecular weight excluding hydrogens is 252 g/mol. The van der Waals surface area contributed by atoms with Crippen molar-refractivity contribution >= 4 is 17.2 Å². The third kappa shape index (κ3) is 3.94. The summed E-state index contributed by atoms with van der Waals surface area (Å²) in [6.07, 6.45) is 3.61. The third-order valence-electron chi connectivity index (χ3n) is 2.22. The smallest absolute Gasteiger partial charge is 0.270 e. The van der Waals surface area contributed by atoms with Gasteiger partial charge in [-0.05, 0) is 6.07 Å². The first-order chi connectivity index (χ1) is 8.86. The van der Waals surface area contributed by atoms with Crippen molar-refractivity contribution in [2.24, 2.45) is 0 Å². The van der Waals surface area contributed by atoms with Crippen molar-refractivity contribution in [2.45, 2.75) is 6.54 Å². The topological polar surface area (TPSA) is 69.0 Å². The number of thiazole rings is 1. The Morgan fingerprint density at radius 2 is 2.44 bits per heavy atom. The van der Waals surface area contributed by atoms with Crippen LogP contribution >= 0.6 is 11.3 Å². The summed E-state index contributed by atoms with van der Waals surface area (Å²) in [5.41, 5.74) is 2.09. The number of rotatable bonds is 7. The summed E-state index contributed by atoms with van der Waals surface area (Å²) in [6.45, 7) is 2.26. The van der Waals surface area contributed by atoms with Gasteiger partial charge >= 0.3 is 0 Å². The summed E-state index contributed by atoms with van der Waals surface area (Å²) in [4.78, 5) is 15.4. The minimum atomic E-state index is -0.160. The van der Waals surface area contributed by atoms with Gasteiger partial charge in [0.2, 0.25) is 0 Å². The van der Waals surface area contributed by atoms with Crippen LogP contribution in [0.25, 0.3) is 0 Å². The Morgan fingerprint density at radius 1 is 1.50 bits per heavy atom. The van der Waals surface area contributed by atoms with E-state index in [9.17, 15) is 4.79 Å². The molecule has 0 aliphatic carbocycles. The van der Waals surface area contributed by atoms with E-state index < -0.39 is 0 Å². The van der Waals surface area contributed by atoms with Crippen molar-refractivity contribution in [3.8, 4) is 0 Å². The fraction of sp³-hybridized carbons (Fsp3) is 0.364. The molecule has 0 fully saturated rings. The minimum absolute atomic E-state index is 0.160. The second kappa shape index (κ2) is 6.87. The molecule has 2 heterocycles. The number of carbonyl (C=O) groups excluding carboxylic acids is 1. The monoisotopic (exact) mass is 266 g/mol. The van der Waals surface area contributed by atoms with E-state index in [1.54, 1.807) is 21.8 Å². The maximum absolute atomic E-state index is 11.5. The van der Waals surface area contributed by atoms with Crippen molar-refractivity contribution in [3.05, 3.63) is 35.0 Å². The number of nitrogens with one attached hydrogen (secondary N) is 1. The van der Waals surface area contributed by atoms with Crippen LogP contribution in [0.3, 0.4) is 0 Å². The average Bonchev–Trinajstić information content (AvgIpc) is 3.05. The molecule has 96 valence electrons. The Balaban J connectivity index is 1.52. The van der Waals surface area contributed by atoms with Crippen LogP contribution in [0.15, 0.2) is 29.4 Å². The lowest BCUT2D eigenvalue weighted by Crippen LogP contribution is -2.27. The van der Waals surface area contributed by atoms with Crippen LogP contribution in [-0.4, -0.2) is 40.4 Å². The van der Waals surface area contributed by atoms with E-state index >= 15 is 0 Å². The van der Waals surface area contributed by atoms with Gasteiger partial charge in [0.15, 0.2) is 0 Å². The lowest BCUT2D eigenvalue weighted by molar-refractivity contribution is 0.0902. The highest BCUT2D eigenvalue weighted by Crippen LogP contribution is 1.99. The largest absolute Gasteiger partial charge is 0.378 e. The molecule has 2 aromatic rings. The van der Waals surface area contributed by atoms with E-state index in [2.05, 4.69) is 15.4 Å². The van der Waals surface area contributed by atoms with E-state index in [0.717, 1.165) is 0 Å². The summed E-state index contributed by atoms with van der Waals surface area (Å²) in [6, 6.07) is 1.87. The number of amides is 1. The highest BCUT2D eigenvalue weighted by molar-refractivity contribution is 7.07. The molecule has 0 aliphatic rings. The number of aromatic nitrogens is 3. The molecule has 1 amide bonds. The first-order valence-electron chi connectivity index (χ1n) is 5.58. The number of ether oxygens (including phenoxy) is 1. The van der Waals surface area contributed by atoms with E-state index in [1.807, 2.05) is 12.3 Å². The lowest BCUT2D eigenvalue weighted by Gasteiger charge is -2.05. The van der Waals surface area contributed by atoms with Crippen LogP contribution in [0, 0.1) is 0 Å². The molecule has 0 aromatic carbocycles. The predicted molar refractivity (Wildman–Crippen MR) is 67.5 cm³/mol. The SMILES string of the molecule is O=C(NCCOCCn1cccn1)c1cscn1. The number of nitrogens with zero attached hydrogens (tertiary/aromatic N) is 3. The van der Waals surface area contributed by atoms with Crippen LogP contribution in [-0.2, 0) is 11.3 Å². The van der Waals surface area contributed by atoms with E-state index in [1.165, 1.54) is 11.3 Å². The van der Waals surface area contributed by atoms with Gasteiger partial charge in [0.25, 0.3) is 5.91 Å². The van der Waals surface area contributed by atoms with Crippen LogP contribution in [0.1, 0.15) is 10.5 Å². The van der Waals surface area contributed by atoms with Gasteiger partial charge < -0.3 is 10.1 Å². The average molecular weight is 266 g/mol. The van der Waals surface area contributed by atoms with Crippen LogP contribution < -0.4 is 5.32 Å². The molecule has 2 aromatic heterocycles. The van der Waals surface area contributed by atoms with Crippen LogP contribution in [0.2, 0.25) is 0 Å². The summed E-state index contributed by atoms with van der Waals surface area (Å²) < 4.78 is 7.18. The zero-order chi connectivity index (χ0) is 12.6. The number of hydrogen-bond donors (Lipinski definition) is 1. The van der Waals surface area contributed by atoms with Crippen LogP contribution in [0.5, 0.6) is 0 Å². The van der Waals surface area contributed by atoms with E-state index in [4.69, 9.17) is 4.74 Å². The van der Waals surface area contributed by atoms with Gasteiger partial charge in [0.05, 0.1) is 25.3 Å². The van der Waals surface area contributed by atoms with Crippen molar-refractivity contribution in [2.75, 3.05) is 19.8 Å². The van der Waals surface area contributed by atoms with Gasteiger partial charge in [0, 0.05) is 24.3 Å². The summed E-state index contributed by atoms with van der Waals surface area (Å²) in [7, 11) is 0. The molecule has 0 saturated carbocycles. The normalized spacial score (nSPS) is 10.4. The first kappa shape index (κ1) is 12.7. The molecule has 2 rings (SSSR count). The summed E-state index contributed by atoms with van der Waals surface area (Å²) >= 11 is 1.40. The molecule has 18 heavy (non-hydrogen) atoms. The molecule has 0 saturated heterocycles. The van der Waals surface area contributed by atoms with Crippen LogP contribution in [0.4, 0.5) is 0 Å². The second-order valence-electron chi connectivity index (χ2n) is 3.51. The molecule has 0 radical (unpaired) electrons. The Bertz CT molecular complexity index is 455. The highest BCUT2D eigenvalue weighted by Gasteiger charge is 2.05. The molecule has 0 bridgehead atoms. The Hall–Kier alpha value is -1.73. The van der Waals surface area contributed by atoms with E-state index in [0.29, 0.717) is 32.0 Å². The Morgan fingerprint density at radius 3 is 3.17 bits per heavy atom. The van der Waals surface area contributed by atoms with Gasteiger partial charge in [-0.3, -0.25) is 9.48 Å². The second-order valence-corrected chi connectivity index (χ2v) is 4.23. The lowest BCUT2D eigenvalue weighted by atomic mass is 10.4. The Labute approximate surface area is 109 Å². The number of carbonyl (C=O) groups is 1. The Kier molecular flexibility index (Phi) is 4.86. The zero-order valence-electron chi connectivity index (χ0n) is 9.78. The molecule has 7 heteroatoms. The molecule has 1 N–H and O–H groups in total. The molecule has 6 nitrogen and oxygen atoms in total. The van der Waals surface area contributed by atoms with Gasteiger partial charge in [-0.2, -0.15) is 5.10 Å². The van der Waals surface area contributed by atoms with Crippen molar-refractivity contribution in [1.29, 1.82) is 0 Å².